The number of Topliss-reactive ketones (excluding diaryl/α,β-unsaturated/α-hetero) is 1. The van der Waals surface area contributed by atoms with Crippen LogP contribution in [0.3, 0.4) is 0 Å². The minimum Gasteiger partial charge on any atom is -0.344 e. The molecule has 1 saturated heterocycles. The lowest BCUT2D eigenvalue weighted by Gasteiger charge is -2.37. The number of likely N-dealkylation sites (tertiary alicyclic amines) is 1. The predicted octanol–water partition coefficient (Wildman–Crippen LogP) is 2.90. The Balaban J connectivity index is 1.53. The van der Waals surface area contributed by atoms with Crippen LogP contribution in [0.1, 0.15) is 89.8 Å². The summed E-state index contributed by atoms with van der Waals surface area (Å²) < 4.78 is 0. The molecule has 13 nitrogen and oxygen atoms in total. The van der Waals surface area contributed by atoms with Crippen LogP contribution in [0.25, 0.3) is 0 Å². The Hall–Kier alpha value is -4.94. The molecule has 0 bridgehead atoms. The average molecular weight is 702 g/mol. The van der Waals surface area contributed by atoms with Gasteiger partial charge < -0.3 is 26.2 Å². The number of aromatic nitrogens is 2. The molecule has 274 valence electrons. The van der Waals surface area contributed by atoms with E-state index in [0.717, 1.165) is 5.56 Å². The summed E-state index contributed by atoms with van der Waals surface area (Å²) in [6, 6.07) is 4.76. The molecule has 1 aliphatic heterocycles. The summed E-state index contributed by atoms with van der Waals surface area (Å²) in [4.78, 5) is 91.2. The summed E-state index contributed by atoms with van der Waals surface area (Å²) in [6.45, 7) is 12.9. The number of ketones is 1. The van der Waals surface area contributed by atoms with Gasteiger partial charge in [0.05, 0.1) is 18.3 Å². The van der Waals surface area contributed by atoms with Gasteiger partial charge >= 0.3 is 0 Å². The summed E-state index contributed by atoms with van der Waals surface area (Å²) in [5.41, 5.74) is 0.0992. The number of fused-ring (bicyclic) bond motifs is 1. The Labute approximate surface area is 299 Å². The first-order valence-electron chi connectivity index (χ1n) is 17.7. The zero-order chi connectivity index (χ0) is 37.5. The Bertz CT molecular complexity index is 1610. The topological polar surface area (TPSA) is 180 Å². The van der Waals surface area contributed by atoms with Crippen molar-refractivity contribution in [2.24, 2.45) is 23.2 Å². The van der Waals surface area contributed by atoms with E-state index in [1.54, 1.807) is 20.8 Å². The van der Waals surface area contributed by atoms with E-state index in [4.69, 9.17) is 0 Å². The van der Waals surface area contributed by atoms with Crippen LogP contribution >= 0.6 is 0 Å². The second-order valence-electron chi connectivity index (χ2n) is 14.8. The average Bonchev–Trinajstić information content (AvgIpc) is 3.70. The molecule has 3 unspecified atom stereocenters. The molecule has 51 heavy (non-hydrogen) atoms. The largest absolute Gasteiger partial charge is 0.344 e. The van der Waals surface area contributed by atoms with Crippen LogP contribution in [0, 0.1) is 23.2 Å². The van der Waals surface area contributed by atoms with Crippen molar-refractivity contribution in [2.45, 2.75) is 97.9 Å². The van der Waals surface area contributed by atoms with Gasteiger partial charge in [-0.1, -0.05) is 90.4 Å². The second kappa shape index (κ2) is 16.8. The fourth-order valence-corrected chi connectivity index (χ4v) is 6.70. The molecule has 1 aromatic heterocycles. The maximum atomic E-state index is 14.5. The molecule has 2 aromatic rings. The molecule has 2 heterocycles. The third-order valence-electron chi connectivity index (χ3n) is 9.55. The molecule has 0 radical (unpaired) electrons. The zero-order valence-electron chi connectivity index (χ0n) is 30.5. The maximum absolute atomic E-state index is 14.5. The van der Waals surface area contributed by atoms with Gasteiger partial charge in [0.15, 0.2) is 0 Å². The summed E-state index contributed by atoms with van der Waals surface area (Å²) in [5, 5.41) is 11.2. The van der Waals surface area contributed by atoms with Crippen LogP contribution in [-0.4, -0.2) is 80.9 Å². The maximum Gasteiger partial charge on any atom is 0.290 e. The Morgan fingerprint density at radius 1 is 0.941 bits per heavy atom. The van der Waals surface area contributed by atoms with Crippen LogP contribution in [-0.2, 0) is 24.0 Å². The molecule has 0 spiro atoms. The minimum absolute atomic E-state index is 0.0490. The van der Waals surface area contributed by atoms with Crippen molar-refractivity contribution in [3.8, 4) is 0 Å². The first-order chi connectivity index (χ1) is 24.1. The number of carbonyl (C=O) groups is 6. The fourth-order valence-electron chi connectivity index (χ4n) is 6.70. The van der Waals surface area contributed by atoms with Crippen molar-refractivity contribution in [1.29, 1.82) is 0 Å². The van der Waals surface area contributed by atoms with Crippen molar-refractivity contribution >= 4 is 35.3 Å². The minimum atomic E-state index is -1.08. The van der Waals surface area contributed by atoms with Crippen molar-refractivity contribution in [1.82, 2.24) is 36.1 Å². The van der Waals surface area contributed by atoms with Gasteiger partial charge in [0.25, 0.3) is 11.8 Å². The van der Waals surface area contributed by atoms with E-state index in [0.29, 0.717) is 12.8 Å². The number of carbonyl (C=O) groups excluding carboxylic acids is 6. The molecule has 1 aromatic carbocycles. The highest BCUT2D eigenvalue weighted by Crippen LogP contribution is 2.39. The smallest absolute Gasteiger partial charge is 0.290 e. The van der Waals surface area contributed by atoms with Crippen LogP contribution in [0.4, 0.5) is 0 Å². The highest BCUT2D eigenvalue weighted by molar-refractivity contribution is 6.38. The number of nitrogens with one attached hydrogen (secondary N) is 4. The SMILES string of the molecule is CCCC(NC(=O)C1[C@H]2CC=C[C@H]2CN1C(=O)C(NC(=O)[C@H](NC(=O)c1cnccn1)C(C)C)C(C)(C)C)C(=O)C(=O)N[C@@H](C)c1ccccc1. The zero-order valence-corrected chi connectivity index (χ0v) is 30.5. The molecule has 0 saturated carbocycles. The van der Waals surface area contributed by atoms with Gasteiger partial charge in [-0.3, -0.25) is 33.8 Å². The Morgan fingerprint density at radius 2 is 1.65 bits per heavy atom. The van der Waals surface area contributed by atoms with Crippen LogP contribution in [0.5, 0.6) is 0 Å². The highest BCUT2D eigenvalue weighted by atomic mass is 16.2. The molecule has 4 N–H and O–H groups in total. The number of benzene rings is 1. The molecule has 4 rings (SSSR count). The van der Waals surface area contributed by atoms with Gasteiger partial charge in [-0.25, -0.2) is 4.98 Å². The normalized spacial score (nSPS) is 20.5. The lowest BCUT2D eigenvalue weighted by Crippen LogP contribution is -2.62. The molecule has 1 aliphatic carbocycles. The van der Waals surface area contributed by atoms with Gasteiger partial charge in [-0.05, 0) is 42.6 Å². The number of hydrogen-bond donors (Lipinski definition) is 4. The van der Waals surface area contributed by atoms with E-state index in [9.17, 15) is 28.8 Å². The van der Waals surface area contributed by atoms with Crippen molar-refractivity contribution in [3.05, 3.63) is 72.3 Å². The van der Waals surface area contributed by atoms with Gasteiger partial charge in [0, 0.05) is 24.9 Å². The first kappa shape index (κ1) is 38.9. The fraction of sp³-hybridized carbons (Fsp3) is 0.526. The van der Waals surface area contributed by atoms with Crippen LogP contribution < -0.4 is 21.3 Å². The number of allylic oxidation sites excluding steroid dienone is 1. The van der Waals surface area contributed by atoms with Crippen LogP contribution in [0.15, 0.2) is 61.1 Å². The third kappa shape index (κ3) is 9.44. The standard InChI is InChI=1S/C38H51N7O6/c1-8-13-27(31(46)36(50)41-23(4)24-14-10-9-11-15-24)42-35(49)30-26-17-12-16-25(26)21-45(30)37(51)32(38(5,6)7)44-34(48)29(22(2)3)43-33(47)28-20-39-18-19-40-28/h9-12,14-16,18-20,22-23,25-27,29-30,32H,8,13,17,21H2,1-7H3,(H,41,50)(H,42,49)(H,43,47)(H,44,48)/t23-,25-,26-,27?,29+,30?,32?/m0/s1. The molecule has 2 aliphatic rings. The van der Waals surface area contributed by atoms with Crippen molar-refractivity contribution < 1.29 is 28.8 Å². The third-order valence-corrected chi connectivity index (χ3v) is 9.55. The predicted molar refractivity (Wildman–Crippen MR) is 191 cm³/mol. The van der Waals surface area contributed by atoms with E-state index < -0.39 is 70.9 Å². The van der Waals surface area contributed by atoms with E-state index >= 15 is 0 Å². The molecular formula is C38H51N7O6. The monoisotopic (exact) mass is 701 g/mol. The molecule has 1 fully saturated rings. The van der Waals surface area contributed by atoms with Gasteiger partial charge in [0.2, 0.25) is 23.5 Å². The molecular weight excluding hydrogens is 650 g/mol. The first-order valence-corrected chi connectivity index (χ1v) is 17.7. The number of hydrogen-bond acceptors (Lipinski definition) is 8. The summed E-state index contributed by atoms with van der Waals surface area (Å²) >= 11 is 0. The van der Waals surface area contributed by atoms with E-state index in [2.05, 4.69) is 31.2 Å². The van der Waals surface area contributed by atoms with Gasteiger partial charge in [-0.2, -0.15) is 0 Å². The van der Waals surface area contributed by atoms with Gasteiger partial charge in [0.1, 0.15) is 23.8 Å². The molecule has 7 atom stereocenters. The summed E-state index contributed by atoms with van der Waals surface area (Å²) in [6.07, 6.45) is 9.42. The van der Waals surface area contributed by atoms with E-state index in [-0.39, 0.29) is 36.4 Å². The lowest BCUT2D eigenvalue weighted by atomic mass is 9.84. The van der Waals surface area contributed by atoms with Crippen molar-refractivity contribution in [3.63, 3.8) is 0 Å². The Kier molecular flexibility index (Phi) is 12.8. The van der Waals surface area contributed by atoms with Crippen molar-refractivity contribution in [2.75, 3.05) is 6.54 Å². The van der Waals surface area contributed by atoms with E-state index in [1.165, 1.54) is 23.5 Å². The second-order valence-corrected chi connectivity index (χ2v) is 14.8. The van der Waals surface area contributed by atoms with Gasteiger partial charge in [-0.15, -0.1) is 0 Å². The summed E-state index contributed by atoms with van der Waals surface area (Å²) in [7, 11) is 0. The molecule has 5 amide bonds. The Morgan fingerprint density at radius 3 is 2.25 bits per heavy atom. The summed E-state index contributed by atoms with van der Waals surface area (Å²) in [5.74, 6) is -4.32. The quantitative estimate of drug-likeness (QED) is 0.172. The molecule has 13 heteroatoms. The number of nitrogens with zero attached hydrogens (tertiary/aromatic N) is 3. The van der Waals surface area contributed by atoms with E-state index in [1.807, 2.05) is 70.2 Å². The number of amides is 5. The number of rotatable bonds is 14. The lowest BCUT2D eigenvalue weighted by molar-refractivity contribution is -0.146. The highest BCUT2D eigenvalue weighted by Gasteiger charge is 2.51. The van der Waals surface area contributed by atoms with Crippen LogP contribution in [0.2, 0.25) is 0 Å².